The van der Waals surface area contributed by atoms with Crippen molar-refractivity contribution in [3.63, 3.8) is 0 Å². The largest absolute Gasteiger partial charge is 0.472 e. The lowest BCUT2D eigenvalue weighted by molar-refractivity contribution is 0.568. The van der Waals surface area contributed by atoms with Gasteiger partial charge in [-0.25, -0.2) is 4.98 Å². The molecule has 0 saturated heterocycles. The van der Waals surface area contributed by atoms with Crippen LogP contribution in [0.4, 0.5) is 0 Å². The molecule has 17 heavy (non-hydrogen) atoms. The topological polar surface area (TPSA) is 38.9 Å². The Hall–Kier alpha value is -2.42. The molecule has 0 radical (unpaired) electrons. The van der Waals surface area contributed by atoms with Crippen LogP contribution in [0.2, 0.25) is 0 Å². The number of pyridine rings is 2. The Bertz CT molecular complexity index is 603. The van der Waals surface area contributed by atoms with Crippen LogP contribution >= 0.6 is 0 Å². The van der Waals surface area contributed by atoms with Gasteiger partial charge in [0.05, 0.1) is 23.9 Å². The van der Waals surface area contributed by atoms with Gasteiger partial charge >= 0.3 is 0 Å². The molecular weight excluding hydrogens is 212 g/mol. The quantitative estimate of drug-likeness (QED) is 0.667. The lowest BCUT2D eigenvalue weighted by Crippen LogP contribution is -1.86. The average molecular weight is 222 g/mol. The number of rotatable bonds is 2. The summed E-state index contributed by atoms with van der Waals surface area (Å²) in [4.78, 5) is 8.60. The van der Waals surface area contributed by atoms with Crippen LogP contribution in [-0.4, -0.2) is 9.97 Å². The molecule has 0 aliphatic heterocycles. The standard InChI is InChI=1S/C14H10N2O/c1-2-13(11-4-7-15-8-5-11)16-14(3-1)12-6-9-17-10-12/h1-10H. The third-order valence-corrected chi connectivity index (χ3v) is 2.54. The van der Waals surface area contributed by atoms with Gasteiger partial charge in [0.2, 0.25) is 0 Å². The van der Waals surface area contributed by atoms with Crippen molar-refractivity contribution in [3.05, 3.63) is 61.3 Å². The predicted octanol–water partition coefficient (Wildman–Crippen LogP) is 3.40. The first kappa shape index (κ1) is 9.78. The van der Waals surface area contributed by atoms with E-state index in [2.05, 4.69) is 9.97 Å². The molecule has 82 valence electrons. The third-order valence-electron chi connectivity index (χ3n) is 2.54. The summed E-state index contributed by atoms with van der Waals surface area (Å²) in [6, 6.07) is 11.7. The van der Waals surface area contributed by atoms with Gasteiger partial charge in [-0.2, -0.15) is 0 Å². The smallest absolute Gasteiger partial charge is 0.0996 e. The number of furan rings is 1. The summed E-state index contributed by atoms with van der Waals surface area (Å²) in [6.07, 6.45) is 6.87. The molecule has 0 aliphatic rings. The van der Waals surface area contributed by atoms with Crippen molar-refractivity contribution in [2.75, 3.05) is 0 Å². The van der Waals surface area contributed by atoms with Crippen LogP contribution in [-0.2, 0) is 0 Å². The second-order valence-corrected chi connectivity index (χ2v) is 3.66. The van der Waals surface area contributed by atoms with Crippen molar-refractivity contribution in [1.29, 1.82) is 0 Å². The van der Waals surface area contributed by atoms with Gasteiger partial charge in [0.15, 0.2) is 0 Å². The second kappa shape index (κ2) is 4.22. The maximum atomic E-state index is 5.06. The highest BCUT2D eigenvalue weighted by Gasteiger charge is 2.03. The monoisotopic (exact) mass is 222 g/mol. The summed E-state index contributed by atoms with van der Waals surface area (Å²) in [7, 11) is 0. The first-order chi connectivity index (χ1) is 8.43. The van der Waals surface area contributed by atoms with E-state index in [4.69, 9.17) is 4.42 Å². The van der Waals surface area contributed by atoms with E-state index in [9.17, 15) is 0 Å². The molecule has 0 fully saturated rings. The molecule has 3 aromatic rings. The molecule has 0 saturated carbocycles. The van der Waals surface area contributed by atoms with E-state index in [0.717, 1.165) is 22.5 Å². The highest BCUT2D eigenvalue weighted by molar-refractivity contribution is 5.64. The minimum atomic E-state index is 0.910. The Kier molecular flexibility index (Phi) is 2.43. The summed E-state index contributed by atoms with van der Waals surface area (Å²) in [6.45, 7) is 0. The van der Waals surface area contributed by atoms with Gasteiger partial charge in [-0.15, -0.1) is 0 Å². The zero-order valence-corrected chi connectivity index (χ0v) is 9.08. The lowest BCUT2D eigenvalue weighted by Gasteiger charge is -2.02. The molecule has 0 unspecified atom stereocenters. The van der Waals surface area contributed by atoms with Gasteiger partial charge in [-0.3, -0.25) is 4.98 Å². The zero-order chi connectivity index (χ0) is 11.5. The van der Waals surface area contributed by atoms with Crippen LogP contribution < -0.4 is 0 Å². The van der Waals surface area contributed by atoms with Crippen LogP contribution in [0.5, 0.6) is 0 Å². The third kappa shape index (κ3) is 1.95. The zero-order valence-electron chi connectivity index (χ0n) is 9.08. The van der Waals surface area contributed by atoms with Gasteiger partial charge in [0.25, 0.3) is 0 Å². The molecule has 0 atom stereocenters. The van der Waals surface area contributed by atoms with Crippen molar-refractivity contribution in [2.45, 2.75) is 0 Å². The van der Waals surface area contributed by atoms with Crippen molar-refractivity contribution >= 4 is 0 Å². The van der Waals surface area contributed by atoms with Gasteiger partial charge in [-0.1, -0.05) is 6.07 Å². The Labute approximate surface area is 98.8 Å². The van der Waals surface area contributed by atoms with Crippen molar-refractivity contribution in [1.82, 2.24) is 9.97 Å². The summed E-state index contributed by atoms with van der Waals surface area (Å²) < 4.78 is 5.06. The van der Waals surface area contributed by atoms with Crippen molar-refractivity contribution in [3.8, 4) is 22.5 Å². The SMILES string of the molecule is c1cc(-c2ccncc2)nc(-c2ccoc2)c1. The first-order valence-corrected chi connectivity index (χ1v) is 5.33. The van der Waals surface area contributed by atoms with E-state index in [0.29, 0.717) is 0 Å². The molecule has 3 heteroatoms. The fourth-order valence-electron chi connectivity index (χ4n) is 1.69. The molecule has 0 spiro atoms. The predicted molar refractivity (Wildman–Crippen MR) is 65.2 cm³/mol. The van der Waals surface area contributed by atoms with Crippen LogP contribution in [0.3, 0.4) is 0 Å². The van der Waals surface area contributed by atoms with E-state index >= 15 is 0 Å². The minimum absolute atomic E-state index is 0.910. The van der Waals surface area contributed by atoms with E-state index in [1.807, 2.05) is 36.4 Å². The fourth-order valence-corrected chi connectivity index (χ4v) is 1.69. The highest BCUT2D eigenvalue weighted by atomic mass is 16.3. The van der Waals surface area contributed by atoms with E-state index in [1.54, 1.807) is 24.9 Å². The number of hydrogen-bond donors (Lipinski definition) is 0. The first-order valence-electron chi connectivity index (χ1n) is 5.33. The summed E-state index contributed by atoms with van der Waals surface area (Å²) >= 11 is 0. The number of nitrogens with zero attached hydrogens (tertiary/aromatic N) is 2. The molecule has 3 rings (SSSR count). The van der Waals surface area contributed by atoms with Crippen molar-refractivity contribution < 1.29 is 4.42 Å². The van der Waals surface area contributed by atoms with E-state index < -0.39 is 0 Å². The maximum Gasteiger partial charge on any atom is 0.0996 e. The molecule has 3 aromatic heterocycles. The van der Waals surface area contributed by atoms with Gasteiger partial charge in [-0.05, 0) is 30.3 Å². The summed E-state index contributed by atoms with van der Waals surface area (Å²) in [5, 5.41) is 0. The summed E-state index contributed by atoms with van der Waals surface area (Å²) in [5.41, 5.74) is 3.89. The van der Waals surface area contributed by atoms with Gasteiger partial charge < -0.3 is 4.42 Å². The highest BCUT2D eigenvalue weighted by Crippen LogP contribution is 2.22. The lowest BCUT2D eigenvalue weighted by atomic mass is 10.1. The normalized spacial score (nSPS) is 10.4. The molecule has 0 N–H and O–H groups in total. The van der Waals surface area contributed by atoms with Crippen LogP contribution in [0.1, 0.15) is 0 Å². The van der Waals surface area contributed by atoms with E-state index in [1.165, 1.54) is 0 Å². The molecule has 0 aromatic carbocycles. The maximum absolute atomic E-state index is 5.06. The van der Waals surface area contributed by atoms with Crippen LogP contribution in [0.15, 0.2) is 65.7 Å². The van der Waals surface area contributed by atoms with Crippen LogP contribution in [0.25, 0.3) is 22.5 Å². The molecule has 0 aliphatic carbocycles. The molecular formula is C14H10N2O. The Morgan fingerprint density at radius 2 is 1.59 bits per heavy atom. The Balaban J connectivity index is 2.06. The molecule has 3 nitrogen and oxygen atoms in total. The minimum Gasteiger partial charge on any atom is -0.472 e. The molecule has 0 bridgehead atoms. The average Bonchev–Trinajstić information content (AvgIpc) is 2.94. The van der Waals surface area contributed by atoms with Crippen molar-refractivity contribution in [2.24, 2.45) is 0 Å². The molecule has 0 amide bonds. The fraction of sp³-hybridized carbons (Fsp3) is 0. The van der Waals surface area contributed by atoms with Crippen LogP contribution in [0, 0.1) is 0 Å². The Morgan fingerprint density at radius 1 is 0.824 bits per heavy atom. The second-order valence-electron chi connectivity index (χ2n) is 3.66. The van der Waals surface area contributed by atoms with E-state index in [-0.39, 0.29) is 0 Å². The van der Waals surface area contributed by atoms with Gasteiger partial charge in [0, 0.05) is 23.5 Å². The number of hydrogen-bond acceptors (Lipinski definition) is 3. The number of aromatic nitrogens is 2. The Morgan fingerprint density at radius 3 is 2.29 bits per heavy atom. The van der Waals surface area contributed by atoms with Gasteiger partial charge in [0.1, 0.15) is 0 Å². The summed E-state index contributed by atoms with van der Waals surface area (Å²) in [5.74, 6) is 0. The molecule has 3 heterocycles.